The number of hydrogen-bond acceptors (Lipinski definition) is 4. The number of nitrogens with two attached hydrogens (primary N) is 1. The Morgan fingerprint density at radius 2 is 1.71 bits per heavy atom. The number of carbonyl (C=O) groups is 2. The third-order valence-corrected chi connectivity index (χ3v) is 7.04. The van der Waals surface area contributed by atoms with Crippen LogP contribution < -0.4 is 15.8 Å². The van der Waals surface area contributed by atoms with Crippen molar-refractivity contribution >= 4 is 11.7 Å². The second-order valence-corrected chi connectivity index (χ2v) is 10.3. The highest BCUT2D eigenvalue weighted by Crippen LogP contribution is 2.33. The minimum atomic E-state index is -0.483. The van der Waals surface area contributed by atoms with Crippen LogP contribution in [0.1, 0.15) is 82.3 Å². The van der Waals surface area contributed by atoms with E-state index in [9.17, 15) is 9.59 Å². The molecule has 1 saturated carbocycles. The van der Waals surface area contributed by atoms with E-state index in [2.05, 4.69) is 19.2 Å². The first-order chi connectivity index (χ1) is 16.9. The predicted octanol–water partition coefficient (Wildman–Crippen LogP) is 5.59. The van der Waals surface area contributed by atoms with Crippen molar-refractivity contribution in [2.24, 2.45) is 17.6 Å². The van der Waals surface area contributed by atoms with E-state index in [1.807, 2.05) is 61.5 Å². The first-order valence-electron chi connectivity index (χ1n) is 13.2. The summed E-state index contributed by atoms with van der Waals surface area (Å²) in [6, 6.07) is 17.3. The number of ketones is 1. The van der Waals surface area contributed by atoms with Gasteiger partial charge in [-0.15, -0.1) is 0 Å². The Balaban J connectivity index is 1.66. The Hall–Kier alpha value is -2.66. The average Bonchev–Trinajstić information content (AvgIpc) is 3.69. The van der Waals surface area contributed by atoms with Crippen LogP contribution in [0.15, 0.2) is 54.6 Å². The van der Waals surface area contributed by atoms with Crippen LogP contribution in [0.4, 0.5) is 0 Å². The zero-order chi connectivity index (χ0) is 25.2. The van der Waals surface area contributed by atoms with Crippen molar-refractivity contribution in [1.29, 1.82) is 0 Å². The fourth-order valence-corrected chi connectivity index (χ4v) is 4.48. The Bertz CT molecular complexity index is 924. The van der Waals surface area contributed by atoms with E-state index in [0.29, 0.717) is 31.4 Å². The third kappa shape index (κ3) is 8.81. The molecule has 1 fully saturated rings. The number of Topliss-reactive ketones (excluding diaryl/α,β-unsaturated/α-hetero) is 1. The summed E-state index contributed by atoms with van der Waals surface area (Å²) in [4.78, 5) is 25.8. The van der Waals surface area contributed by atoms with E-state index in [1.165, 1.54) is 12.8 Å². The lowest BCUT2D eigenvalue weighted by Gasteiger charge is -2.21. The first kappa shape index (κ1) is 26.9. The lowest BCUT2D eigenvalue weighted by atomic mass is 9.87. The normalized spacial score (nSPS) is 16.7. The topological polar surface area (TPSA) is 81.4 Å². The van der Waals surface area contributed by atoms with E-state index in [1.54, 1.807) is 0 Å². The Morgan fingerprint density at radius 3 is 2.34 bits per heavy atom. The molecule has 1 unspecified atom stereocenters. The summed E-state index contributed by atoms with van der Waals surface area (Å²) in [7, 11) is 0. The number of ether oxygens (including phenoxy) is 1. The van der Waals surface area contributed by atoms with Crippen LogP contribution in [0.2, 0.25) is 0 Å². The second-order valence-electron chi connectivity index (χ2n) is 10.3. The molecule has 0 spiro atoms. The van der Waals surface area contributed by atoms with Crippen molar-refractivity contribution in [3.8, 4) is 5.75 Å². The molecule has 4 atom stereocenters. The smallest absolute Gasteiger partial charge is 0.236 e. The highest BCUT2D eigenvalue weighted by Gasteiger charge is 2.28. The van der Waals surface area contributed by atoms with Gasteiger partial charge in [0.1, 0.15) is 11.5 Å². The summed E-state index contributed by atoms with van der Waals surface area (Å²) < 4.78 is 5.95. The van der Waals surface area contributed by atoms with Crippen LogP contribution in [0.3, 0.4) is 0 Å². The summed E-state index contributed by atoms with van der Waals surface area (Å²) in [6.45, 7) is 7.41. The maximum absolute atomic E-state index is 13.2. The number of carbonyl (C=O) groups excluding carboxylic acids is 2. The molecule has 0 aromatic heterocycles. The van der Waals surface area contributed by atoms with Crippen LogP contribution in [0.25, 0.3) is 0 Å². The molecule has 0 aliphatic heterocycles. The molecule has 3 N–H and O–H groups in total. The van der Waals surface area contributed by atoms with Crippen molar-refractivity contribution < 1.29 is 14.3 Å². The molecule has 5 nitrogen and oxygen atoms in total. The standard InChI is InChI=1S/C30H42N2O3/c1-4-8-21(2)20-35-27-15-13-25(14-16-27)26(19-32-30(34)28(31)17-23-11-12-23)18-29(33)22(3)24-9-6-5-7-10-24/h5-7,9-10,13-16,21-23,26,28H,4,8,11-12,17-20,31H2,1-3H3,(H,32,34)/t21?,22-,26-,28-/m0/s1. The minimum Gasteiger partial charge on any atom is -0.493 e. The van der Waals surface area contributed by atoms with Crippen LogP contribution in [-0.2, 0) is 9.59 Å². The molecule has 2 aromatic carbocycles. The Labute approximate surface area is 210 Å². The van der Waals surface area contributed by atoms with Gasteiger partial charge in [-0.3, -0.25) is 9.59 Å². The van der Waals surface area contributed by atoms with Gasteiger partial charge < -0.3 is 15.8 Å². The van der Waals surface area contributed by atoms with E-state index in [0.717, 1.165) is 36.1 Å². The van der Waals surface area contributed by atoms with Crippen LogP contribution in [0.5, 0.6) is 5.75 Å². The first-order valence-corrected chi connectivity index (χ1v) is 13.2. The largest absolute Gasteiger partial charge is 0.493 e. The lowest BCUT2D eigenvalue weighted by Crippen LogP contribution is -2.42. The van der Waals surface area contributed by atoms with Gasteiger partial charge in [0.2, 0.25) is 5.91 Å². The molecule has 2 aromatic rings. The predicted molar refractivity (Wildman–Crippen MR) is 142 cm³/mol. The fraction of sp³-hybridized carbons (Fsp3) is 0.533. The van der Waals surface area contributed by atoms with Crippen molar-refractivity contribution in [2.45, 2.75) is 77.2 Å². The second kappa shape index (κ2) is 13.4. The van der Waals surface area contributed by atoms with Gasteiger partial charge in [0, 0.05) is 24.8 Å². The molecule has 0 radical (unpaired) electrons. The molecule has 35 heavy (non-hydrogen) atoms. The van der Waals surface area contributed by atoms with Gasteiger partial charge in [0.15, 0.2) is 0 Å². The zero-order valence-electron chi connectivity index (χ0n) is 21.5. The molecule has 1 aliphatic rings. The summed E-state index contributed by atoms with van der Waals surface area (Å²) in [5.41, 5.74) is 8.14. The highest BCUT2D eigenvalue weighted by atomic mass is 16.5. The molecular weight excluding hydrogens is 436 g/mol. The number of nitrogens with one attached hydrogen (secondary N) is 1. The number of hydrogen-bond donors (Lipinski definition) is 2. The van der Waals surface area contributed by atoms with Crippen LogP contribution >= 0.6 is 0 Å². The number of rotatable bonds is 15. The SMILES string of the molecule is CCCC(C)COc1ccc([C@H](CNC(=O)[C@@H](N)CC2CC2)CC(=O)[C@@H](C)c2ccccc2)cc1. The van der Waals surface area contributed by atoms with Crippen molar-refractivity contribution in [3.05, 3.63) is 65.7 Å². The Kier molecular flexibility index (Phi) is 10.3. The third-order valence-electron chi connectivity index (χ3n) is 7.04. The summed E-state index contributed by atoms with van der Waals surface area (Å²) in [6.07, 6.45) is 5.72. The molecule has 190 valence electrons. The van der Waals surface area contributed by atoms with Crippen molar-refractivity contribution in [2.75, 3.05) is 13.2 Å². The van der Waals surface area contributed by atoms with Crippen LogP contribution in [0, 0.1) is 11.8 Å². The maximum Gasteiger partial charge on any atom is 0.236 e. The van der Waals surface area contributed by atoms with Gasteiger partial charge in [-0.05, 0) is 47.9 Å². The maximum atomic E-state index is 13.2. The molecular formula is C30H42N2O3. The van der Waals surface area contributed by atoms with Gasteiger partial charge in [0.25, 0.3) is 0 Å². The van der Waals surface area contributed by atoms with Crippen LogP contribution in [-0.4, -0.2) is 30.9 Å². The number of amides is 1. The zero-order valence-corrected chi connectivity index (χ0v) is 21.5. The minimum absolute atomic E-state index is 0.126. The van der Waals surface area contributed by atoms with E-state index in [4.69, 9.17) is 10.5 Å². The Morgan fingerprint density at radius 1 is 1.03 bits per heavy atom. The summed E-state index contributed by atoms with van der Waals surface area (Å²) in [5, 5.41) is 3.02. The van der Waals surface area contributed by atoms with Gasteiger partial charge in [-0.25, -0.2) is 0 Å². The highest BCUT2D eigenvalue weighted by molar-refractivity contribution is 5.86. The monoisotopic (exact) mass is 478 g/mol. The van der Waals surface area contributed by atoms with E-state index >= 15 is 0 Å². The fourth-order valence-electron chi connectivity index (χ4n) is 4.48. The van der Waals surface area contributed by atoms with E-state index in [-0.39, 0.29) is 23.5 Å². The van der Waals surface area contributed by atoms with E-state index < -0.39 is 6.04 Å². The molecule has 0 heterocycles. The molecule has 5 heteroatoms. The summed E-state index contributed by atoms with van der Waals surface area (Å²) >= 11 is 0. The molecule has 1 amide bonds. The van der Waals surface area contributed by atoms with Gasteiger partial charge in [-0.1, -0.05) is 82.5 Å². The number of benzene rings is 2. The van der Waals surface area contributed by atoms with Crippen molar-refractivity contribution in [1.82, 2.24) is 5.32 Å². The van der Waals surface area contributed by atoms with Gasteiger partial charge in [0.05, 0.1) is 12.6 Å². The molecule has 0 saturated heterocycles. The van der Waals surface area contributed by atoms with Gasteiger partial charge >= 0.3 is 0 Å². The summed E-state index contributed by atoms with van der Waals surface area (Å²) in [5.74, 6) is 1.64. The van der Waals surface area contributed by atoms with Crippen molar-refractivity contribution in [3.63, 3.8) is 0 Å². The lowest BCUT2D eigenvalue weighted by molar-refractivity contribution is -0.123. The molecule has 1 aliphatic carbocycles. The van der Waals surface area contributed by atoms with Gasteiger partial charge in [-0.2, -0.15) is 0 Å². The molecule has 3 rings (SSSR count). The average molecular weight is 479 g/mol. The molecule has 0 bridgehead atoms. The quantitative estimate of drug-likeness (QED) is 0.349.